The van der Waals surface area contributed by atoms with Gasteiger partial charge in [-0.3, -0.25) is 4.98 Å². The third-order valence-corrected chi connectivity index (χ3v) is 3.70. The molecule has 2 nitrogen and oxygen atoms in total. The van der Waals surface area contributed by atoms with Crippen molar-refractivity contribution in [2.24, 2.45) is 0 Å². The number of aromatic amines is 1. The molecule has 0 spiro atoms. The van der Waals surface area contributed by atoms with Crippen molar-refractivity contribution in [1.82, 2.24) is 9.97 Å². The van der Waals surface area contributed by atoms with Gasteiger partial charge in [-0.1, -0.05) is 20.8 Å². The summed E-state index contributed by atoms with van der Waals surface area (Å²) in [5, 5.41) is 2.49. The van der Waals surface area contributed by atoms with Crippen molar-refractivity contribution in [2.75, 3.05) is 0 Å². The lowest BCUT2D eigenvalue weighted by atomic mass is 9.82. The highest BCUT2D eigenvalue weighted by molar-refractivity contribution is 5.90. The Balaban J connectivity index is 2.30. The van der Waals surface area contributed by atoms with E-state index in [1.807, 2.05) is 12.4 Å². The number of hydrogen-bond donors (Lipinski definition) is 1. The van der Waals surface area contributed by atoms with E-state index < -0.39 is 0 Å². The van der Waals surface area contributed by atoms with Crippen molar-refractivity contribution in [3.05, 3.63) is 54.0 Å². The number of rotatable bonds is 1. The van der Waals surface area contributed by atoms with Crippen LogP contribution in [0, 0.1) is 6.92 Å². The predicted octanol–water partition coefficient (Wildman–Crippen LogP) is 4.84. The molecule has 0 radical (unpaired) electrons. The first-order valence-corrected chi connectivity index (χ1v) is 6.99. The van der Waals surface area contributed by atoms with Crippen LogP contribution >= 0.6 is 0 Å². The van der Waals surface area contributed by atoms with Gasteiger partial charge >= 0.3 is 0 Å². The van der Waals surface area contributed by atoms with E-state index in [-0.39, 0.29) is 5.41 Å². The van der Waals surface area contributed by atoms with E-state index in [0.717, 1.165) is 0 Å². The topological polar surface area (TPSA) is 28.7 Å². The summed E-state index contributed by atoms with van der Waals surface area (Å²) >= 11 is 0. The van der Waals surface area contributed by atoms with Crippen LogP contribution in [0.5, 0.6) is 0 Å². The number of nitrogens with one attached hydrogen (secondary N) is 1. The lowest BCUT2D eigenvalue weighted by Crippen LogP contribution is -2.12. The molecule has 0 saturated heterocycles. The van der Waals surface area contributed by atoms with E-state index in [9.17, 15) is 0 Å². The Morgan fingerprint density at radius 3 is 2.50 bits per heavy atom. The van der Waals surface area contributed by atoms with Gasteiger partial charge in [-0.25, -0.2) is 0 Å². The fourth-order valence-electron chi connectivity index (χ4n) is 2.66. The number of nitrogens with zero attached hydrogens (tertiary/aromatic N) is 1. The molecule has 0 atom stereocenters. The lowest BCUT2D eigenvalue weighted by molar-refractivity contribution is 0.596. The van der Waals surface area contributed by atoms with Crippen LogP contribution in [0.2, 0.25) is 0 Å². The molecule has 3 rings (SSSR count). The summed E-state index contributed by atoms with van der Waals surface area (Å²) in [5.41, 5.74) is 5.04. The molecule has 1 aromatic carbocycles. The molecule has 0 amide bonds. The zero-order valence-corrected chi connectivity index (χ0v) is 12.5. The van der Waals surface area contributed by atoms with Crippen LogP contribution in [-0.4, -0.2) is 9.97 Å². The van der Waals surface area contributed by atoms with Gasteiger partial charge in [-0.2, -0.15) is 0 Å². The van der Waals surface area contributed by atoms with Gasteiger partial charge in [0.05, 0.1) is 0 Å². The third kappa shape index (κ3) is 2.22. The second-order valence-electron chi connectivity index (χ2n) is 6.43. The fraction of sp³-hybridized carbons (Fsp3) is 0.278. The van der Waals surface area contributed by atoms with Crippen LogP contribution in [0.4, 0.5) is 0 Å². The second-order valence-corrected chi connectivity index (χ2v) is 6.43. The maximum Gasteiger partial charge on any atom is 0.0456 e. The highest BCUT2D eigenvalue weighted by Gasteiger charge is 2.18. The maximum atomic E-state index is 4.27. The van der Waals surface area contributed by atoms with Crippen molar-refractivity contribution in [1.29, 1.82) is 0 Å². The summed E-state index contributed by atoms with van der Waals surface area (Å²) in [6.45, 7) is 8.85. The van der Waals surface area contributed by atoms with Crippen molar-refractivity contribution < 1.29 is 0 Å². The Morgan fingerprint density at radius 2 is 1.85 bits per heavy atom. The maximum absolute atomic E-state index is 4.27. The van der Waals surface area contributed by atoms with Gasteiger partial charge in [0, 0.05) is 29.2 Å². The van der Waals surface area contributed by atoms with Gasteiger partial charge < -0.3 is 4.98 Å². The van der Waals surface area contributed by atoms with Gasteiger partial charge in [0.1, 0.15) is 0 Å². The monoisotopic (exact) mass is 264 g/mol. The summed E-state index contributed by atoms with van der Waals surface area (Å²) in [7, 11) is 0. The first-order valence-electron chi connectivity index (χ1n) is 6.99. The average Bonchev–Trinajstić information content (AvgIpc) is 2.83. The minimum atomic E-state index is 0.108. The molecule has 0 aliphatic heterocycles. The van der Waals surface area contributed by atoms with Crippen molar-refractivity contribution in [3.63, 3.8) is 0 Å². The van der Waals surface area contributed by atoms with Gasteiger partial charge in [0.2, 0.25) is 0 Å². The quantitative estimate of drug-likeness (QED) is 0.669. The van der Waals surface area contributed by atoms with Crippen LogP contribution in [0.15, 0.2) is 42.7 Å². The molecule has 0 fully saturated rings. The highest BCUT2D eigenvalue weighted by Crippen LogP contribution is 2.34. The van der Waals surface area contributed by atoms with Gasteiger partial charge in [0.15, 0.2) is 0 Å². The van der Waals surface area contributed by atoms with E-state index in [4.69, 9.17) is 0 Å². The standard InChI is InChI=1S/C18H20N2/c1-12-5-6-17(20-12)13-9-14-11-19-8-7-15(14)16(10-13)18(2,3)4/h5-11,20H,1-4H3. The Hall–Kier alpha value is -2.09. The SMILES string of the molecule is Cc1ccc(-c2cc(C(C)(C)C)c3ccncc3c2)[nH]1. The van der Waals surface area contributed by atoms with E-state index >= 15 is 0 Å². The van der Waals surface area contributed by atoms with Crippen LogP contribution < -0.4 is 0 Å². The molecule has 0 aliphatic carbocycles. The molecular formula is C18H20N2. The van der Waals surface area contributed by atoms with Crippen molar-refractivity contribution >= 4 is 10.8 Å². The average molecular weight is 264 g/mol. The molecule has 2 heterocycles. The summed E-state index contributed by atoms with van der Waals surface area (Å²) in [6.07, 6.45) is 3.82. The number of hydrogen-bond acceptors (Lipinski definition) is 1. The molecule has 2 heteroatoms. The summed E-state index contributed by atoms with van der Waals surface area (Å²) in [5.74, 6) is 0. The molecule has 20 heavy (non-hydrogen) atoms. The first-order chi connectivity index (χ1) is 9.45. The second kappa shape index (κ2) is 4.48. The van der Waals surface area contributed by atoms with Crippen LogP contribution in [0.3, 0.4) is 0 Å². The molecule has 0 bridgehead atoms. The Bertz CT molecular complexity index is 760. The number of H-pyrrole nitrogens is 1. The minimum absolute atomic E-state index is 0.108. The van der Waals surface area contributed by atoms with Gasteiger partial charge in [0.25, 0.3) is 0 Å². The van der Waals surface area contributed by atoms with Gasteiger partial charge in [-0.05, 0) is 59.2 Å². The zero-order chi connectivity index (χ0) is 14.3. The van der Waals surface area contributed by atoms with Crippen LogP contribution in [0.1, 0.15) is 32.0 Å². The van der Waals surface area contributed by atoms with Crippen molar-refractivity contribution in [2.45, 2.75) is 33.1 Å². The first kappa shape index (κ1) is 12.9. The van der Waals surface area contributed by atoms with Gasteiger partial charge in [-0.15, -0.1) is 0 Å². The minimum Gasteiger partial charge on any atom is -0.359 e. The van der Waals surface area contributed by atoms with Crippen LogP contribution in [0.25, 0.3) is 22.0 Å². The number of fused-ring (bicyclic) bond motifs is 1. The molecular weight excluding hydrogens is 244 g/mol. The predicted molar refractivity (Wildman–Crippen MR) is 85.0 cm³/mol. The number of aryl methyl sites for hydroxylation is 1. The van der Waals surface area contributed by atoms with E-state index in [0.29, 0.717) is 0 Å². The third-order valence-electron chi connectivity index (χ3n) is 3.70. The molecule has 3 aromatic rings. The van der Waals surface area contributed by atoms with E-state index in [1.54, 1.807) is 0 Å². The van der Waals surface area contributed by atoms with Crippen molar-refractivity contribution in [3.8, 4) is 11.3 Å². The van der Waals surface area contributed by atoms with E-state index in [1.165, 1.54) is 33.3 Å². The summed E-state index contributed by atoms with van der Waals surface area (Å²) in [4.78, 5) is 7.68. The largest absolute Gasteiger partial charge is 0.359 e. The smallest absolute Gasteiger partial charge is 0.0456 e. The highest BCUT2D eigenvalue weighted by atomic mass is 14.7. The molecule has 2 aromatic heterocycles. The van der Waals surface area contributed by atoms with Crippen LogP contribution in [-0.2, 0) is 5.41 Å². The number of benzene rings is 1. The molecule has 102 valence electrons. The molecule has 0 aliphatic rings. The lowest BCUT2D eigenvalue weighted by Gasteiger charge is -2.22. The molecule has 0 saturated carbocycles. The number of pyridine rings is 1. The normalized spacial score (nSPS) is 12.0. The fourth-order valence-corrected chi connectivity index (χ4v) is 2.66. The Labute approximate surface area is 119 Å². The number of aromatic nitrogens is 2. The summed E-state index contributed by atoms with van der Waals surface area (Å²) < 4.78 is 0. The Morgan fingerprint density at radius 1 is 1.05 bits per heavy atom. The summed E-state index contributed by atoms with van der Waals surface area (Å²) in [6, 6.07) is 10.9. The molecule has 0 unspecified atom stereocenters. The molecule has 1 N–H and O–H groups in total. The van der Waals surface area contributed by atoms with E-state index in [2.05, 4.69) is 68.0 Å². The Kier molecular flexibility index (Phi) is 2.89. The zero-order valence-electron chi connectivity index (χ0n) is 12.5.